The zero-order valence-electron chi connectivity index (χ0n) is 15.1. The minimum absolute atomic E-state index is 0.215. The topological polar surface area (TPSA) is 96.3 Å². The third-order valence-corrected chi connectivity index (χ3v) is 3.97. The average Bonchev–Trinajstić information content (AvgIpc) is 2.66. The highest BCUT2D eigenvalue weighted by Crippen LogP contribution is 2.26. The lowest BCUT2D eigenvalue weighted by Crippen LogP contribution is -2.27. The van der Waals surface area contributed by atoms with Crippen LogP contribution < -0.4 is 10.1 Å². The highest BCUT2D eigenvalue weighted by Gasteiger charge is 2.21. The number of nitrogens with one attached hydrogen (secondary N) is 1. The molecule has 0 radical (unpaired) electrons. The highest BCUT2D eigenvalue weighted by molar-refractivity contribution is 5.82. The Balaban J connectivity index is 2.27. The molecule has 26 heavy (non-hydrogen) atoms. The van der Waals surface area contributed by atoms with Crippen LogP contribution in [0, 0.1) is 6.92 Å². The Morgan fingerprint density at radius 3 is 2.73 bits per heavy atom. The van der Waals surface area contributed by atoms with Crippen molar-refractivity contribution >= 4 is 5.91 Å². The zero-order valence-corrected chi connectivity index (χ0v) is 15.1. The summed E-state index contributed by atoms with van der Waals surface area (Å²) in [6, 6.07) is 13.2. The lowest BCUT2D eigenvalue weighted by Gasteiger charge is -2.19. The number of hydrogen-bond acceptors (Lipinski definition) is 4. The molecule has 2 aromatic rings. The summed E-state index contributed by atoms with van der Waals surface area (Å²) in [6.45, 7) is 2.44. The van der Waals surface area contributed by atoms with Gasteiger partial charge in [-0.15, -0.1) is 0 Å². The maximum atomic E-state index is 12.1. The van der Waals surface area contributed by atoms with Crippen LogP contribution >= 0.6 is 0 Å². The molecule has 0 fully saturated rings. The molecule has 0 saturated heterocycles. The van der Waals surface area contributed by atoms with Crippen LogP contribution in [0.25, 0.3) is 10.4 Å². The van der Waals surface area contributed by atoms with Crippen LogP contribution in [0.4, 0.5) is 0 Å². The molecule has 0 aliphatic carbocycles. The van der Waals surface area contributed by atoms with Crippen LogP contribution in [0.15, 0.2) is 47.6 Å². The SMILES string of the molecule is CNC(=O)C(OC)c1ccccc1COc1cc(C)ccc1CN=[N+]=[N-]. The van der Waals surface area contributed by atoms with E-state index in [1.165, 1.54) is 7.11 Å². The van der Waals surface area contributed by atoms with Gasteiger partial charge in [-0.25, -0.2) is 0 Å². The fourth-order valence-corrected chi connectivity index (χ4v) is 2.62. The van der Waals surface area contributed by atoms with Gasteiger partial charge >= 0.3 is 0 Å². The Morgan fingerprint density at radius 2 is 2.04 bits per heavy atom. The molecule has 0 spiro atoms. The predicted octanol–water partition coefficient (Wildman–Crippen LogP) is 3.82. The number of nitrogens with zero attached hydrogens (tertiary/aromatic N) is 3. The molecule has 1 atom stereocenters. The summed E-state index contributed by atoms with van der Waals surface area (Å²) in [6.07, 6.45) is -0.708. The van der Waals surface area contributed by atoms with Crippen molar-refractivity contribution in [2.45, 2.75) is 26.2 Å². The van der Waals surface area contributed by atoms with E-state index in [0.717, 1.165) is 22.3 Å². The molecule has 136 valence electrons. The fourth-order valence-electron chi connectivity index (χ4n) is 2.62. The number of azide groups is 1. The van der Waals surface area contributed by atoms with Gasteiger partial charge in [0.05, 0.1) is 6.54 Å². The normalized spacial score (nSPS) is 11.3. The molecule has 0 aromatic heterocycles. The molecule has 0 bridgehead atoms. The van der Waals surface area contributed by atoms with Gasteiger partial charge in [0.15, 0.2) is 6.10 Å². The number of carbonyl (C=O) groups is 1. The Bertz CT molecular complexity index is 816. The van der Waals surface area contributed by atoms with Crippen molar-refractivity contribution in [2.24, 2.45) is 5.11 Å². The first kappa shape index (κ1) is 19.3. The van der Waals surface area contributed by atoms with Crippen molar-refractivity contribution in [3.05, 3.63) is 75.2 Å². The molecule has 0 saturated carbocycles. The van der Waals surface area contributed by atoms with Crippen molar-refractivity contribution in [1.29, 1.82) is 0 Å². The zero-order chi connectivity index (χ0) is 18.9. The van der Waals surface area contributed by atoms with Crippen LogP contribution in [-0.2, 0) is 22.7 Å². The molecule has 1 unspecified atom stereocenters. The van der Waals surface area contributed by atoms with Crippen molar-refractivity contribution in [3.63, 3.8) is 0 Å². The van der Waals surface area contributed by atoms with Crippen LogP contribution in [0.2, 0.25) is 0 Å². The number of methoxy groups -OCH3 is 1. The first-order valence-electron chi connectivity index (χ1n) is 8.16. The van der Waals surface area contributed by atoms with E-state index in [0.29, 0.717) is 5.75 Å². The van der Waals surface area contributed by atoms with Crippen molar-refractivity contribution in [3.8, 4) is 5.75 Å². The first-order chi connectivity index (χ1) is 12.6. The number of amides is 1. The van der Waals surface area contributed by atoms with Gasteiger partial charge in [-0.1, -0.05) is 41.5 Å². The number of aryl methyl sites for hydroxylation is 1. The number of carbonyl (C=O) groups excluding carboxylic acids is 1. The van der Waals surface area contributed by atoms with E-state index >= 15 is 0 Å². The van der Waals surface area contributed by atoms with Gasteiger partial charge in [-0.05, 0) is 40.8 Å². The van der Waals surface area contributed by atoms with E-state index in [1.54, 1.807) is 7.05 Å². The maximum absolute atomic E-state index is 12.1. The summed E-state index contributed by atoms with van der Waals surface area (Å²) >= 11 is 0. The summed E-state index contributed by atoms with van der Waals surface area (Å²) in [7, 11) is 3.07. The Hall–Kier alpha value is -3.02. The summed E-state index contributed by atoms with van der Waals surface area (Å²) in [5.74, 6) is 0.431. The number of rotatable bonds is 8. The lowest BCUT2D eigenvalue weighted by molar-refractivity contribution is -0.130. The summed E-state index contributed by atoms with van der Waals surface area (Å²) in [4.78, 5) is 14.9. The predicted molar refractivity (Wildman–Crippen MR) is 98.6 cm³/mol. The second kappa shape index (κ2) is 9.46. The molecule has 2 aromatic carbocycles. The second-order valence-corrected chi connectivity index (χ2v) is 5.72. The number of likely N-dealkylation sites (N-methyl/N-ethyl adjacent to an activating group) is 1. The molecule has 2 rings (SSSR count). The minimum Gasteiger partial charge on any atom is -0.489 e. The molecule has 0 aliphatic rings. The van der Waals surface area contributed by atoms with Gasteiger partial charge in [0.2, 0.25) is 0 Å². The molecule has 7 nitrogen and oxygen atoms in total. The summed E-state index contributed by atoms with van der Waals surface area (Å²) in [5, 5.41) is 6.21. The van der Waals surface area contributed by atoms with E-state index in [4.69, 9.17) is 15.0 Å². The largest absolute Gasteiger partial charge is 0.489 e. The van der Waals surface area contributed by atoms with Crippen molar-refractivity contribution < 1.29 is 14.3 Å². The monoisotopic (exact) mass is 354 g/mol. The van der Waals surface area contributed by atoms with Crippen molar-refractivity contribution in [1.82, 2.24) is 5.32 Å². The number of benzene rings is 2. The number of hydrogen-bond donors (Lipinski definition) is 1. The Kier molecular flexibility index (Phi) is 7.02. The fraction of sp³-hybridized carbons (Fsp3) is 0.316. The van der Waals surface area contributed by atoms with E-state index < -0.39 is 6.10 Å². The molecule has 0 heterocycles. The Morgan fingerprint density at radius 1 is 1.27 bits per heavy atom. The lowest BCUT2D eigenvalue weighted by atomic mass is 10.0. The minimum atomic E-state index is -0.708. The van der Waals surface area contributed by atoms with Crippen LogP contribution in [0.3, 0.4) is 0 Å². The second-order valence-electron chi connectivity index (χ2n) is 5.72. The average molecular weight is 354 g/mol. The summed E-state index contributed by atoms with van der Waals surface area (Å²) in [5.41, 5.74) is 12.0. The Labute approximate surface area is 152 Å². The first-order valence-corrected chi connectivity index (χ1v) is 8.16. The molecular formula is C19H22N4O3. The van der Waals surface area contributed by atoms with Gasteiger partial charge in [0.1, 0.15) is 12.4 Å². The molecule has 7 heteroatoms. The van der Waals surface area contributed by atoms with E-state index in [1.807, 2.05) is 49.4 Å². The van der Waals surface area contributed by atoms with Crippen molar-refractivity contribution in [2.75, 3.05) is 14.2 Å². The van der Waals surface area contributed by atoms with Crippen LogP contribution in [0.1, 0.15) is 28.4 Å². The maximum Gasteiger partial charge on any atom is 0.253 e. The summed E-state index contributed by atoms with van der Waals surface area (Å²) < 4.78 is 11.3. The third-order valence-electron chi connectivity index (χ3n) is 3.97. The number of ether oxygens (including phenoxy) is 2. The van der Waals surface area contributed by atoms with E-state index in [9.17, 15) is 4.79 Å². The molecule has 1 amide bonds. The van der Waals surface area contributed by atoms with E-state index in [2.05, 4.69) is 15.3 Å². The van der Waals surface area contributed by atoms with Gasteiger partial charge in [-0.3, -0.25) is 4.79 Å². The van der Waals surface area contributed by atoms with Crippen LogP contribution in [0.5, 0.6) is 5.75 Å². The molecule has 1 N–H and O–H groups in total. The van der Waals surface area contributed by atoms with E-state index in [-0.39, 0.29) is 19.1 Å². The van der Waals surface area contributed by atoms with Gasteiger partial charge in [0, 0.05) is 19.1 Å². The quantitative estimate of drug-likeness (QED) is 0.443. The smallest absolute Gasteiger partial charge is 0.253 e. The third kappa shape index (κ3) is 4.75. The van der Waals surface area contributed by atoms with Crippen LogP contribution in [-0.4, -0.2) is 20.1 Å². The standard InChI is InChI=1S/C19H22N4O3/c1-13-8-9-14(11-22-23-20)17(10-13)26-12-15-6-4-5-7-16(15)18(25-3)19(24)21-2/h4-10,18H,11-12H2,1-3H3,(H,21,24). The molecular weight excluding hydrogens is 332 g/mol. The van der Waals surface area contributed by atoms with Gasteiger partial charge < -0.3 is 14.8 Å². The molecule has 0 aliphatic heterocycles. The highest BCUT2D eigenvalue weighted by atomic mass is 16.5. The van der Waals surface area contributed by atoms with Gasteiger partial charge in [-0.2, -0.15) is 0 Å². The van der Waals surface area contributed by atoms with Gasteiger partial charge in [0.25, 0.3) is 5.91 Å².